The molecule has 1 fully saturated rings. The maximum Gasteiger partial charge on any atom is 0.251 e. The summed E-state index contributed by atoms with van der Waals surface area (Å²) in [7, 11) is 0. The zero-order valence-corrected chi connectivity index (χ0v) is 11.6. The highest BCUT2D eigenvalue weighted by atomic mass is 16.2. The molecule has 0 saturated carbocycles. The fraction of sp³-hybridized carbons (Fsp3) is 0.923. The van der Waals surface area contributed by atoms with Gasteiger partial charge in [-0.15, -0.1) is 0 Å². The summed E-state index contributed by atoms with van der Waals surface area (Å²) in [5, 5.41) is 2.08. The third-order valence-corrected chi connectivity index (χ3v) is 3.99. The third kappa shape index (κ3) is 3.68. The molecule has 0 radical (unpaired) electrons. The van der Waals surface area contributed by atoms with Gasteiger partial charge in [-0.25, -0.2) is 5.01 Å². The fourth-order valence-corrected chi connectivity index (χ4v) is 2.36. The van der Waals surface area contributed by atoms with Gasteiger partial charge in [0.05, 0.1) is 6.04 Å². The molecule has 0 aliphatic carbocycles. The number of carbonyl (C=O) groups is 1. The number of nitrogens with one attached hydrogen (secondary N) is 1. The molecule has 0 aromatic heterocycles. The number of carbonyl (C=O) groups excluding carboxylic acids is 1. The molecule has 4 unspecified atom stereocenters. The van der Waals surface area contributed by atoms with Crippen molar-refractivity contribution < 1.29 is 4.79 Å². The van der Waals surface area contributed by atoms with Crippen LogP contribution in [0, 0.1) is 5.92 Å². The van der Waals surface area contributed by atoms with E-state index in [1.807, 2.05) is 6.92 Å². The van der Waals surface area contributed by atoms with Gasteiger partial charge in [0.25, 0.3) is 5.91 Å². The molecule has 100 valence electrons. The number of rotatable bonds is 4. The number of amides is 1. The summed E-state index contributed by atoms with van der Waals surface area (Å²) >= 11 is 0. The van der Waals surface area contributed by atoms with Gasteiger partial charge in [0, 0.05) is 12.1 Å². The predicted molar refractivity (Wildman–Crippen MR) is 70.2 cm³/mol. The van der Waals surface area contributed by atoms with Gasteiger partial charge < -0.3 is 5.73 Å². The van der Waals surface area contributed by atoms with Crippen LogP contribution in [0.1, 0.15) is 53.4 Å². The van der Waals surface area contributed by atoms with Crippen LogP contribution in [0.5, 0.6) is 0 Å². The molecule has 0 bridgehead atoms. The smallest absolute Gasteiger partial charge is 0.251 e. The average molecular weight is 241 g/mol. The molecule has 4 heteroatoms. The van der Waals surface area contributed by atoms with Gasteiger partial charge in [0.15, 0.2) is 0 Å². The van der Waals surface area contributed by atoms with Gasteiger partial charge in [0.2, 0.25) is 0 Å². The van der Waals surface area contributed by atoms with E-state index in [1.54, 1.807) is 0 Å². The Balaban J connectivity index is 2.54. The Kier molecular flexibility index (Phi) is 5.40. The van der Waals surface area contributed by atoms with Crippen molar-refractivity contribution in [1.82, 2.24) is 10.4 Å². The predicted octanol–water partition coefficient (Wildman–Crippen LogP) is 1.65. The summed E-state index contributed by atoms with van der Waals surface area (Å²) in [6, 6.07) is 0.417. The van der Waals surface area contributed by atoms with Crippen molar-refractivity contribution in [2.24, 2.45) is 11.7 Å². The average Bonchev–Trinajstić information content (AvgIpc) is 2.31. The van der Waals surface area contributed by atoms with E-state index in [-0.39, 0.29) is 11.8 Å². The molecule has 1 aliphatic rings. The molecular formula is C13H27N3O. The Morgan fingerprint density at radius 3 is 2.41 bits per heavy atom. The lowest BCUT2D eigenvalue weighted by molar-refractivity contribution is -0.131. The number of nitrogens with two attached hydrogens (primary N) is 1. The third-order valence-electron chi connectivity index (χ3n) is 3.99. The Labute approximate surface area is 105 Å². The van der Waals surface area contributed by atoms with Crippen LogP contribution in [0.2, 0.25) is 0 Å². The molecule has 1 rings (SSSR count). The molecule has 1 heterocycles. The summed E-state index contributed by atoms with van der Waals surface area (Å²) in [5.74, 6) is 0.186. The van der Waals surface area contributed by atoms with Crippen molar-refractivity contribution in [1.29, 1.82) is 0 Å². The maximum atomic E-state index is 12.0. The lowest BCUT2D eigenvalue weighted by Gasteiger charge is -2.39. The number of hydrogen-bond donors (Lipinski definition) is 2. The first-order valence-corrected chi connectivity index (χ1v) is 6.81. The Morgan fingerprint density at radius 2 is 1.94 bits per heavy atom. The van der Waals surface area contributed by atoms with Crippen LogP contribution in [0.3, 0.4) is 0 Å². The lowest BCUT2D eigenvalue weighted by Crippen LogP contribution is -2.58. The Morgan fingerprint density at radius 1 is 1.41 bits per heavy atom. The largest absolute Gasteiger partial charge is 0.320 e. The second-order valence-electron chi connectivity index (χ2n) is 5.42. The summed E-state index contributed by atoms with van der Waals surface area (Å²) in [6.45, 7) is 8.40. The molecule has 0 aromatic rings. The molecule has 1 amide bonds. The van der Waals surface area contributed by atoms with Crippen molar-refractivity contribution in [3.05, 3.63) is 0 Å². The van der Waals surface area contributed by atoms with Crippen LogP contribution in [0.4, 0.5) is 0 Å². The summed E-state index contributed by atoms with van der Waals surface area (Å²) in [6.07, 6.45) is 4.46. The van der Waals surface area contributed by atoms with Crippen LogP contribution in [-0.4, -0.2) is 29.0 Å². The zero-order chi connectivity index (χ0) is 13.0. The summed E-state index contributed by atoms with van der Waals surface area (Å²) in [4.78, 5) is 12.0. The van der Waals surface area contributed by atoms with Crippen LogP contribution in [-0.2, 0) is 4.79 Å². The van der Waals surface area contributed by atoms with Gasteiger partial charge in [0.1, 0.15) is 0 Å². The van der Waals surface area contributed by atoms with Crippen molar-refractivity contribution in [2.45, 2.75) is 71.5 Å². The van der Waals surface area contributed by atoms with Crippen LogP contribution >= 0.6 is 0 Å². The second-order valence-corrected chi connectivity index (χ2v) is 5.42. The minimum absolute atomic E-state index is 0.0417. The molecule has 1 aliphatic heterocycles. The molecule has 0 aromatic carbocycles. The Hall–Kier alpha value is -0.610. The van der Waals surface area contributed by atoms with Crippen LogP contribution in [0.15, 0.2) is 0 Å². The summed E-state index contributed by atoms with van der Waals surface area (Å²) in [5.41, 5.74) is 8.94. The fourth-order valence-electron chi connectivity index (χ4n) is 2.36. The molecule has 1 saturated heterocycles. The number of hydrazine groups is 1. The molecular weight excluding hydrogens is 214 g/mol. The monoisotopic (exact) mass is 241 g/mol. The first-order valence-electron chi connectivity index (χ1n) is 6.81. The molecule has 0 spiro atoms. The minimum Gasteiger partial charge on any atom is -0.320 e. The molecule has 17 heavy (non-hydrogen) atoms. The second kappa shape index (κ2) is 6.36. The molecule has 4 atom stereocenters. The van der Waals surface area contributed by atoms with E-state index in [9.17, 15) is 4.79 Å². The molecule has 4 nitrogen and oxygen atoms in total. The normalized spacial score (nSPS) is 29.7. The van der Waals surface area contributed by atoms with Gasteiger partial charge in [-0.05, 0) is 32.6 Å². The lowest BCUT2D eigenvalue weighted by atomic mass is 9.98. The first-order chi connectivity index (χ1) is 7.97. The number of nitrogens with zero attached hydrogens (tertiary/aromatic N) is 1. The number of hydrogen-bond acceptors (Lipinski definition) is 3. The Bertz CT molecular complexity index is 247. The highest BCUT2D eigenvalue weighted by molar-refractivity contribution is 5.81. The van der Waals surface area contributed by atoms with Gasteiger partial charge in [-0.1, -0.05) is 26.7 Å². The van der Waals surface area contributed by atoms with E-state index in [0.29, 0.717) is 12.1 Å². The SMILES string of the molecule is CCC(C)C(N)C(=O)NN1C(C)CCCC1C. The zero-order valence-electron chi connectivity index (χ0n) is 11.6. The highest BCUT2D eigenvalue weighted by Crippen LogP contribution is 2.20. The van der Waals surface area contributed by atoms with E-state index < -0.39 is 6.04 Å². The van der Waals surface area contributed by atoms with E-state index >= 15 is 0 Å². The minimum atomic E-state index is -0.402. The molecule has 3 N–H and O–H groups in total. The van der Waals surface area contributed by atoms with Crippen molar-refractivity contribution in [3.8, 4) is 0 Å². The first kappa shape index (κ1) is 14.5. The van der Waals surface area contributed by atoms with E-state index in [4.69, 9.17) is 5.73 Å². The van der Waals surface area contributed by atoms with E-state index in [1.165, 1.54) is 6.42 Å². The highest BCUT2D eigenvalue weighted by Gasteiger charge is 2.28. The topological polar surface area (TPSA) is 58.4 Å². The standard InChI is InChI=1S/C13H27N3O/c1-5-9(2)12(14)13(17)15-16-10(3)7-6-8-11(16)4/h9-12H,5-8,14H2,1-4H3,(H,15,17). The van der Waals surface area contributed by atoms with Crippen molar-refractivity contribution in [2.75, 3.05) is 0 Å². The van der Waals surface area contributed by atoms with Gasteiger partial charge >= 0.3 is 0 Å². The quantitative estimate of drug-likeness (QED) is 0.787. The maximum absolute atomic E-state index is 12.0. The van der Waals surface area contributed by atoms with Crippen molar-refractivity contribution in [3.63, 3.8) is 0 Å². The van der Waals surface area contributed by atoms with Gasteiger partial charge in [-0.3, -0.25) is 10.2 Å². The van der Waals surface area contributed by atoms with E-state index in [2.05, 4.69) is 31.2 Å². The van der Waals surface area contributed by atoms with Crippen LogP contribution < -0.4 is 11.2 Å². The van der Waals surface area contributed by atoms with Gasteiger partial charge in [-0.2, -0.15) is 0 Å². The number of piperidine rings is 1. The summed E-state index contributed by atoms with van der Waals surface area (Å²) < 4.78 is 0. The van der Waals surface area contributed by atoms with E-state index in [0.717, 1.165) is 19.3 Å². The van der Waals surface area contributed by atoms with Crippen LogP contribution in [0.25, 0.3) is 0 Å². The van der Waals surface area contributed by atoms with Crippen molar-refractivity contribution >= 4 is 5.91 Å².